The molecule has 0 aromatic heterocycles. The van der Waals surface area contributed by atoms with Crippen LogP contribution in [-0.2, 0) is 10.0 Å². The molecule has 1 amide bonds. The second-order valence-corrected chi connectivity index (χ2v) is 7.75. The summed E-state index contributed by atoms with van der Waals surface area (Å²) in [5.74, 6) is -0.648. The van der Waals surface area contributed by atoms with Gasteiger partial charge >= 0.3 is 0 Å². The Balaban J connectivity index is 2.26. The molecule has 6 nitrogen and oxygen atoms in total. The van der Waals surface area contributed by atoms with Gasteiger partial charge in [-0.3, -0.25) is 4.79 Å². The van der Waals surface area contributed by atoms with Gasteiger partial charge in [-0.1, -0.05) is 19.1 Å². The van der Waals surface area contributed by atoms with Crippen molar-refractivity contribution in [3.8, 4) is 5.75 Å². The average Bonchev–Trinajstić information content (AvgIpc) is 2.66. The highest BCUT2D eigenvalue weighted by molar-refractivity contribution is 7.89. The van der Waals surface area contributed by atoms with E-state index in [0.717, 1.165) is 5.56 Å². The van der Waals surface area contributed by atoms with E-state index in [2.05, 4.69) is 10.0 Å². The fourth-order valence-corrected chi connectivity index (χ4v) is 3.78. The number of rotatable bonds is 8. The Hall–Kier alpha value is -2.45. The van der Waals surface area contributed by atoms with Crippen LogP contribution in [0.2, 0.25) is 0 Å². The summed E-state index contributed by atoms with van der Waals surface area (Å²) in [7, 11) is -2.44. The summed E-state index contributed by atoms with van der Waals surface area (Å²) in [6.07, 6.45) is 0.636. The number of sulfonamides is 1. The first-order valence-corrected chi connectivity index (χ1v) is 10.0. The Morgan fingerprint density at radius 1 is 1.19 bits per heavy atom. The smallest absolute Gasteiger partial charge is 0.251 e. The van der Waals surface area contributed by atoms with E-state index < -0.39 is 15.9 Å². The van der Waals surface area contributed by atoms with Crippen molar-refractivity contribution in [2.75, 3.05) is 13.7 Å². The lowest BCUT2D eigenvalue weighted by molar-refractivity contribution is 0.0939. The zero-order chi connectivity index (χ0) is 20.0. The lowest BCUT2D eigenvalue weighted by Crippen LogP contribution is -2.28. The molecule has 2 rings (SSSR count). The number of carbonyl (C=O) groups is 1. The van der Waals surface area contributed by atoms with Crippen LogP contribution in [0.3, 0.4) is 0 Å². The number of amides is 1. The maximum absolute atomic E-state index is 13.0. The van der Waals surface area contributed by atoms with Crippen molar-refractivity contribution >= 4 is 15.9 Å². The van der Waals surface area contributed by atoms with E-state index >= 15 is 0 Å². The third-order valence-electron chi connectivity index (χ3n) is 3.98. The monoisotopic (exact) mass is 394 g/mol. The molecule has 0 aliphatic carbocycles. The molecular formula is C19H23FN2O4S. The van der Waals surface area contributed by atoms with Gasteiger partial charge in [0.1, 0.15) is 16.5 Å². The summed E-state index contributed by atoms with van der Waals surface area (Å²) in [5.41, 5.74) is 0.914. The molecule has 0 radical (unpaired) electrons. The maximum Gasteiger partial charge on any atom is 0.251 e. The van der Waals surface area contributed by atoms with E-state index in [4.69, 9.17) is 4.74 Å². The van der Waals surface area contributed by atoms with Crippen molar-refractivity contribution in [1.29, 1.82) is 0 Å². The van der Waals surface area contributed by atoms with Crippen molar-refractivity contribution in [3.63, 3.8) is 0 Å². The van der Waals surface area contributed by atoms with Crippen LogP contribution in [0.1, 0.15) is 42.2 Å². The molecule has 1 atom stereocenters. The summed E-state index contributed by atoms with van der Waals surface area (Å²) in [5, 5.41) is 2.77. The number of hydrogen-bond acceptors (Lipinski definition) is 4. The number of nitrogens with one attached hydrogen (secondary N) is 2. The predicted molar refractivity (Wildman–Crippen MR) is 101 cm³/mol. The molecule has 1 unspecified atom stereocenters. The lowest BCUT2D eigenvalue weighted by atomic mass is 10.1. The molecule has 0 saturated carbocycles. The van der Waals surface area contributed by atoms with E-state index in [9.17, 15) is 17.6 Å². The number of carbonyl (C=O) groups excluding carboxylic acids is 1. The van der Waals surface area contributed by atoms with Crippen molar-refractivity contribution < 1.29 is 22.3 Å². The van der Waals surface area contributed by atoms with Gasteiger partial charge in [0.25, 0.3) is 5.91 Å². The first kappa shape index (κ1) is 20.9. The minimum absolute atomic E-state index is 0.0967. The van der Waals surface area contributed by atoms with E-state index in [-0.39, 0.29) is 34.6 Å². The van der Waals surface area contributed by atoms with Crippen LogP contribution in [0.4, 0.5) is 4.39 Å². The summed E-state index contributed by atoms with van der Waals surface area (Å²) in [4.78, 5) is 12.5. The quantitative estimate of drug-likeness (QED) is 0.721. The van der Waals surface area contributed by atoms with Gasteiger partial charge in [-0.05, 0) is 49.2 Å². The van der Waals surface area contributed by atoms with Gasteiger partial charge < -0.3 is 10.1 Å². The molecular weight excluding hydrogens is 371 g/mol. The Kier molecular flexibility index (Phi) is 6.92. The molecule has 0 aliphatic rings. The van der Waals surface area contributed by atoms with Crippen LogP contribution >= 0.6 is 0 Å². The molecule has 2 N–H and O–H groups in total. The van der Waals surface area contributed by atoms with Gasteiger partial charge in [0.15, 0.2) is 0 Å². The highest BCUT2D eigenvalue weighted by Gasteiger charge is 2.22. The Morgan fingerprint density at radius 2 is 1.85 bits per heavy atom. The topological polar surface area (TPSA) is 84.5 Å². The number of halogens is 1. The van der Waals surface area contributed by atoms with Gasteiger partial charge in [-0.2, -0.15) is 0 Å². The first-order chi connectivity index (χ1) is 12.8. The highest BCUT2D eigenvalue weighted by atomic mass is 32.2. The van der Waals surface area contributed by atoms with E-state index in [0.29, 0.717) is 6.42 Å². The Bertz CT molecular complexity index is 898. The minimum atomic E-state index is -3.80. The molecule has 0 saturated heterocycles. The molecule has 0 fully saturated rings. The van der Waals surface area contributed by atoms with Crippen LogP contribution in [0, 0.1) is 5.82 Å². The summed E-state index contributed by atoms with van der Waals surface area (Å²) >= 11 is 0. The second kappa shape index (κ2) is 8.96. The molecule has 2 aromatic carbocycles. The van der Waals surface area contributed by atoms with Crippen molar-refractivity contribution in [3.05, 3.63) is 59.4 Å². The summed E-state index contributed by atoms with van der Waals surface area (Å²) in [6, 6.07) is 9.63. The van der Waals surface area contributed by atoms with Gasteiger partial charge in [-0.15, -0.1) is 0 Å². The van der Waals surface area contributed by atoms with E-state index in [1.54, 1.807) is 19.1 Å². The fourth-order valence-electron chi connectivity index (χ4n) is 2.46. The minimum Gasteiger partial charge on any atom is -0.495 e. The molecule has 0 bridgehead atoms. The molecule has 0 heterocycles. The van der Waals surface area contributed by atoms with Gasteiger partial charge in [0, 0.05) is 12.1 Å². The van der Waals surface area contributed by atoms with E-state index in [1.807, 2.05) is 6.92 Å². The molecule has 146 valence electrons. The summed E-state index contributed by atoms with van der Waals surface area (Å²) in [6.45, 7) is 3.89. The van der Waals surface area contributed by atoms with Crippen molar-refractivity contribution in [1.82, 2.24) is 10.0 Å². The highest BCUT2D eigenvalue weighted by Crippen LogP contribution is 2.25. The third-order valence-corrected chi connectivity index (χ3v) is 5.46. The van der Waals surface area contributed by atoms with Crippen LogP contribution in [0.5, 0.6) is 5.75 Å². The molecule has 0 aliphatic heterocycles. The number of benzene rings is 2. The maximum atomic E-state index is 13.0. The lowest BCUT2D eigenvalue weighted by Gasteiger charge is -2.16. The van der Waals surface area contributed by atoms with Crippen LogP contribution in [0.15, 0.2) is 47.4 Å². The van der Waals surface area contributed by atoms with Crippen molar-refractivity contribution in [2.24, 2.45) is 0 Å². The SMILES string of the molecule is CCCNS(=O)(=O)c1cc(C(=O)NC(C)c2ccc(F)cc2)ccc1OC. The zero-order valence-corrected chi connectivity index (χ0v) is 16.3. The average molecular weight is 394 g/mol. The first-order valence-electron chi connectivity index (χ1n) is 8.52. The molecule has 27 heavy (non-hydrogen) atoms. The molecule has 2 aromatic rings. The molecule has 0 spiro atoms. The van der Waals surface area contributed by atoms with Gasteiger partial charge in [0.2, 0.25) is 10.0 Å². The molecule has 8 heteroatoms. The number of hydrogen-bond donors (Lipinski definition) is 2. The second-order valence-electron chi connectivity index (χ2n) is 6.01. The van der Waals surface area contributed by atoms with Crippen molar-refractivity contribution in [2.45, 2.75) is 31.2 Å². The largest absolute Gasteiger partial charge is 0.495 e. The number of ether oxygens (including phenoxy) is 1. The predicted octanol–water partition coefficient (Wildman–Crippen LogP) is 3.01. The fraction of sp³-hybridized carbons (Fsp3) is 0.316. The van der Waals surface area contributed by atoms with Crippen LogP contribution in [-0.4, -0.2) is 28.0 Å². The third kappa shape index (κ3) is 5.27. The van der Waals surface area contributed by atoms with Crippen LogP contribution in [0.25, 0.3) is 0 Å². The Morgan fingerprint density at radius 3 is 2.44 bits per heavy atom. The van der Waals surface area contributed by atoms with Gasteiger partial charge in [-0.25, -0.2) is 17.5 Å². The summed E-state index contributed by atoms with van der Waals surface area (Å²) < 4.78 is 45.5. The standard InChI is InChI=1S/C19H23FN2O4S/c1-4-11-21-27(24,25)18-12-15(7-10-17(18)26-3)19(23)22-13(2)14-5-8-16(20)9-6-14/h5-10,12-13,21H,4,11H2,1-3H3,(H,22,23). The zero-order valence-electron chi connectivity index (χ0n) is 15.5. The van der Waals surface area contributed by atoms with Crippen LogP contribution < -0.4 is 14.8 Å². The van der Waals surface area contributed by atoms with E-state index in [1.165, 1.54) is 37.4 Å². The normalized spacial score (nSPS) is 12.4. The van der Waals surface area contributed by atoms with Gasteiger partial charge in [0.05, 0.1) is 13.2 Å². The Labute approximate surface area is 158 Å². The number of methoxy groups -OCH3 is 1.